The molecule has 1 unspecified atom stereocenters. The largest absolute Gasteiger partial charge is 0.370 e. The molecule has 0 bridgehead atoms. The van der Waals surface area contributed by atoms with Crippen LogP contribution in [0.15, 0.2) is 11.4 Å². The molecule has 0 saturated carbocycles. The van der Waals surface area contributed by atoms with Crippen molar-refractivity contribution in [2.75, 3.05) is 0 Å². The second-order valence-electron chi connectivity index (χ2n) is 3.62. The Morgan fingerprint density at radius 3 is 2.69 bits per heavy atom. The Balaban J connectivity index is 2.42. The number of hydrogen-bond acceptors (Lipinski definition) is 4. The Labute approximate surface area is 97.8 Å². The van der Waals surface area contributed by atoms with E-state index >= 15 is 0 Å². The molecule has 5 N–H and O–H groups in total. The Morgan fingerprint density at radius 1 is 1.50 bits per heavy atom. The Kier molecular flexibility index (Phi) is 4.45. The van der Waals surface area contributed by atoms with Gasteiger partial charge >= 0.3 is 0 Å². The number of primary amides is 2. The van der Waals surface area contributed by atoms with E-state index < -0.39 is 5.91 Å². The highest BCUT2D eigenvalue weighted by Gasteiger charge is 2.07. The topological polar surface area (TPSA) is 98.2 Å². The van der Waals surface area contributed by atoms with Crippen LogP contribution in [0.25, 0.3) is 0 Å². The van der Waals surface area contributed by atoms with Crippen molar-refractivity contribution in [3.8, 4) is 0 Å². The fourth-order valence-corrected chi connectivity index (χ4v) is 2.08. The van der Waals surface area contributed by atoms with Gasteiger partial charge in [0.2, 0.25) is 11.8 Å². The zero-order chi connectivity index (χ0) is 12.1. The van der Waals surface area contributed by atoms with E-state index in [0.717, 1.165) is 4.88 Å². The number of carbonyl (C=O) groups excluding carboxylic acids is 2. The number of thiophene rings is 1. The molecule has 2 amide bonds. The molecule has 0 aromatic carbocycles. The summed E-state index contributed by atoms with van der Waals surface area (Å²) in [5, 5.41) is 4.86. The van der Waals surface area contributed by atoms with Crippen LogP contribution >= 0.6 is 11.3 Å². The van der Waals surface area contributed by atoms with Gasteiger partial charge in [0.1, 0.15) is 0 Å². The lowest BCUT2D eigenvalue weighted by Gasteiger charge is -2.10. The number of nitrogens with two attached hydrogens (primary N) is 2. The second kappa shape index (κ2) is 5.62. The summed E-state index contributed by atoms with van der Waals surface area (Å²) < 4.78 is 0. The molecule has 0 fully saturated rings. The van der Waals surface area contributed by atoms with Crippen molar-refractivity contribution in [2.24, 2.45) is 11.5 Å². The lowest BCUT2D eigenvalue weighted by molar-refractivity contribution is -0.118. The van der Waals surface area contributed by atoms with E-state index in [4.69, 9.17) is 11.5 Å². The molecule has 0 saturated heterocycles. The molecule has 1 aromatic rings. The normalized spacial score (nSPS) is 12.3. The first kappa shape index (κ1) is 12.7. The minimum absolute atomic E-state index is 0.0247. The first-order valence-corrected chi connectivity index (χ1v) is 5.76. The van der Waals surface area contributed by atoms with E-state index in [0.29, 0.717) is 18.5 Å². The third-order valence-corrected chi connectivity index (χ3v) is 3.01. The van der Waals surface area contributed by atoms with Crippen molar-refractivity contribution in [1.82, 2.24) is 5.32 Å². The lowest BCUT2D eigenvalue weighted by Crippen LogP contribution is -2.30. The van der Waals surface area contributed by atoms with Crippen LogP contribution in [0.2, 0.25) is 0 Å². The maximum absolute atomic E-state index is 10.8. The van der Waals surface area contributed by atoms with Crippen LogP contribution < -0.4 is 16.8 Å². The molecule has 1 heterocycles. The van der Waals surface area contributed by atoms with Crippen molar-refractivity contribution in [3.05, 3.63) is 21.9 Å². The summed E-state index contributed by atoms with van der Waals surface area (Å²) in [6.07, 6.45) is 0.300. The molecule has 0 aliphatic carbocycles. The molecule has 88 valence electrons. The van der Waals surface area contributed by atoms with Crippen molar-refractivity contribution in [2.45, 2.75) is 25.9 Å². The van der Waals surface area contributed by atoms with Crippen molar-refractivity contribution >= 4 is 23.2 Å². The monoisotopic (exact) mass is 241 g/mol. The Hall–Kier alpha value is -1.40. The molecule has 16 heavy (non-hydrogen) atoms. The molecule has 1 rings (SSSR count). The molecule has 1 aromatic heterocycles. The van der Waals surface area contributed by atoms with Gasteiger partial charge in [0.15, 0.2) is 0 Å². The van der Waals surface area contributed by atoms with E-state index in [9.17, 15) is 9.59 Å². The van der Waals surface area contributed by atoms with Gasteiger partial charge in [0, 0.05) is 29.3 Å². The summed E-state index contributed by atoms with van der Waals surface area (Å²) in [5.41, 5.74) is 10.7. The lowest BCUT2D eigenvalue weighted by atomic mass is 10.2. The van der Waals surface area contributed by atoms with Gasteiger partial charge in [-0.3, -0.25) is 9.59 Å². The van der Waals surface area contributed by atoms with Gasteiger partial charge in [-0.05, 0) is 13.0 Å². The predicted octanol–water partition coefficient (Wildman–Crippen LogP) is 0.201. The number of nitrogens with one attached hydrogen (secondary N) is 1. The van der Waals surface area contributed by atoms with Gasteiger partial charge in [0.05, 0.1) is 5.56 Å². The molecular formula is C10H15N3O2S. The molecule has 0 aliphatic rings. The van der Waals surface area contributed by atoms with E-state index in [-0.39, 0.29) is 11.9 Å². The van der Waals surface area contributed by atoms with Crippen LogP contribution in [0.4, 0.5) is 0 Å². The third-order valence-electron chi connectivity index (χ3n) is 2.07. The first-order chi connectivity index (χ1) is 7.49. The van der Waals surface area contributed by atoms with Crippen molar-refractivity contribution < 1.29 is 9.59 Å². The van der Waals surface area contributed by atoms with Crippen LogP contribution in [-0.4, -0.2) is 17.9 Å². The molecule has 0 aliphatic heterocycles. The Bertz CT molecular complexity index is 389. The zero-order valence-corrected chi connectivity index (χ0v) is 9.84. The summed E-state index contributed by atoms with van der Waals surface area (Å²) in [4.78, 5) is 22.5. The standard InChI is InChI=1S/C10H15N3O2S/c1-6(2-9(11)14)13-4-8-3-7(5-16-8)10(12)15/h3,5-6,13H,2,4H2,1H3,(H2,11,14)(H2,12,15). The van der Waals surface area contributed by atoms with Crippen LogP contribution in [0.5, 0.6) is 0 Å². The van der Waals surface area contributed by atoms with Gasteiger partial charge < -0.3 is 16.8 Å². The summed E-state index contributed by atoms with van der Waals surface area (Å²) in [7, 11) is 0. The van der Waals surface area contributed by atoms with Gasteiger partial charge in [-0.25, -0.2) is 0 Å². The summed E-state index contributed by atoms with van der Waals surface area (Å²) in [6.45, 7) is 2.49. The van der Waals surface area contributed by atoms with Crippen LogP contribution in [-0.2, 0) is 11.3 Å². The number of carbonyl (C=O) groups is 2. The minimum atomic E-state index is -0.423. The SMILES string of the molecule is CC(CC(N)=O)NCc1cc(C(N)=O)cs1. The molecular weight excluding hydrogens is 226 g/mol. The summed E-state index contributed by atoms with van der Waals surface area (Å²) in [6, 6.07) is 1.77. The molecule has 6 heteroatoms. The van der Waals surface area contributed by atoms with Crippen molar-refractivity contribution in [1.29, 1.82) is 0 Å². The van der Waals surface area contributed by atoms with E-state index in [2.05, 4.69) is 5.32 Å². The fraction of sp³-hybridized carbons (Fsp3) is 0.400. The summed E-state index contributed by atoms with van der Waals surface area (Å²) in [5.74, 6) is -0.753. The highest BCUT2D eigenvalue weighted by molar-refractivity contribution is 7.10. The van der Waals surface area contributed by atoms with Crippen LogP contribution in [0.1, 0.15) is 28.6 Å². The molecule has 0 spiro atoms. The molecule has 5 nitrogen and oxygen atoms in total. The second-order valence-corrected chi connectivity index (χ2v) is 4.61. The summed E-state index contributed by atoms with van der Waals surface area (Å²) >= 11 is 1.46. The van der Waals surface area contributed by atoms with Gasteiger partial charge in [-0.2, -0.15) is 0 Å². The average molecular weight is 241 g/mol. The quantitative estimate of drug-likeness (QED) is 0.663. The maximum Gasteiger partial charge on any atom is 0.249 e. The maximum atomic E-state index is 10.8. The van der Waals surface area contributed by atoms with Gasteiger partial charge in [-0.1, -0.05) is 0 Å². The molecule has 0 radical (unpaired) electrons. The smallest absolute Gasteiger partial charge is 0.249 e. The van der Waals surface area contributed by atoms with Gasteiger partial charge in [-0.15, -0.1) is 11.3 Å². The van der Waals surface area contributed by atoms with E-state index in [1.54, 1.807) is 11.4 Å². The third kappa shape index (κ3) is 4.00. The van der Waals surface area contributed by atoms with Crippen LogP contribution in [0, 0.1) is 0 Å². The Morgan fingerprint density at radius 2 is 2.19 bits per heavy atom. The number of amides is 2. The minimum Gasteiger partial charge on any atom is -0.370 e. The van der Waals surface area contributed by atoms with Crippen LogP contribution in [0.3, 0.4) is 0 Å². The first-order valence-electron chi connectivity index (χ1n) is 4.88. The highest BCUT2D eigenvalue weighted by Crippen LogP contribution is 2.14. The van der Waals surface area contributed by atoms with Crippen molar-refractivity contribution in [3.63, 3.8) is 0 Å². The zero-order valence-electron chi connectivity index (χ0n) is 9.03. The van der Waals surface area contributed by atoms with Gasteiger partial charge in [0.25, 0.3) is 0 Å². The number of rotatable bonds is 6. The highest BCUT2D eigenvalue weighted by atomic mass is 32.1. The number of hydrogen-bond donors (Lipinski definition) is 3. The van der Waals surface area contributed by atoms with E-state index in [1.165, 1.54) is 11.3 Å². The van der Waals surface area contributed by atoms with E-state index in [1.807, 2.05) is 6.92 Å². The average Bonchev–Trinajstić information content (AvgIpc) is 2.61. The molecule has 1 atom stereocenters. The fourth-order valence-electron chi connectivity index (χ4n) is 1.25. The predicted molar refractivity (Wildman–Crippen MR) is 63.0 cm³/mol.